The fourth-order valence-electron chi connectivity index (χ4n) is 10.2. The van der Waals surface area contributed by atoms with Gasteiger partial charge in [0.05, 0.1) is 0 Å². The van der Waals surface area contributed by atoms with Crippen LogP contribution in [-0.2, 0) is 10.8 Å². The predicted octanol–water partition coefficient (Wildman–Crippen LogP) is 13.8. The Morgan fingerprint density at radius 2 is 0.651 bits per heavy atom. The molecule has 0 saturated heterocycles. The fourth-order valence-corrected chi connectivity index (χ4v) is 10.2. The summed E-state index contributed by atoms with van der Waals surface area (Å²) in [6, 6.07) is 83.0. The Balaban J connectivity index is 1.16. The van der Waals surface area contributed by atoms with E-state index in [4.69, 9.17) is 0 Å². The Bertz CT molecular complexity index is 2880. The van der Waals surface area contributed by atoms with Crippen molar-refractivity contribution >= 4 is 57.2 Å². The van der Waals surface area contributed by atoms with E-state index >= 15 is 0 Å². The van der Waals surface area contributed by atoms with E-state index in [-0.39, 0.29) is 17.5 Å². The summed E-state index contributed by atoms with van der Waals surface area (Å²) in [6.45, 7) is 9.44. The van der Waals surface area contributed by atoms with Gasteiger partial charge in [-0.1, -0.05) is 204 Å². The molecule has 0 radical (unpaired) electrons. The third kappa shape index (κ3) is 6.50. The van der Waals surface area contributed by atoms with Crippen LogP contribution in [0.2, 0.25) is 0 Å². The summed E-state index contributed by atoms with van der Waals surface area (Å²) in [7, 11) is 0. The minimum atomic E-state index is -0.223. The predicted molar refractivity (Wildman–Crippen MR) is 268 cm³/mol. The first-order chi connectivity index (χ1) is 30.8. The molecule has 0 N–H and O–H groups in total. The standard InChI is InChI=1S/C60H49BN2/c1-59(2,46-22-13-7-14-23-46)48-32-38-54-52(40-48)61-53-41-49(60(3,4)47-24-15-8-16-25-47)33-39-55(53)63(51-36-30-45(31-37-51)43-20-11-6-12-21-43)57-27-17-26-56(58(57)61)62(54)50-34-28-44(29-35-50)42-18-9-5-10-19-42/h5-41H,1-4H3. The van der Waals surface area contributed by atoms with Crippen molar-refractivity contribution < 1.29 is 0 Å². The molecule has 9 aromatic rings. The first-order valence-corrected chi connectivity index (χ1v) is 22.2. The molecule has 2 heterocycles. The summed E-state index contributed by atoms with van der Waals surface area (Å²) in [5, 5.41) is 0. The molecule has 0 atom stereocenters. The van der Waals surface area contributed by atoms with E-state index in [1.807, 2.05) is 0 Å². The van der Waals surface area contributed by atoms with Gasteiger partial charge in [0.25, 0.3) is 6.71 Å². The van der Waals surface area contributed by atoms with Crippen molar-refractivity contribution in [1.29, 1.82) is 0 Å². The van der Waals surface area contributed by atoms with Crippen LogP contribution in [0.3, 0.4) is 0 Å². The van der Waals surface area contributed by atoms with Gasteiger partial charge in [0.1, 0.15) is 0 Å². The lowest BCUT2D eigenvalue weighted by atomic mass is 9.33. The highest BCUT2D eigenvalue weighted by Gasteiger charge is 2.44. The average molecular weight is 809 g/mol. The monoisotopic (exact) mass is 808 g/mol. The molecule has 302 valence electrons. The summed E-state index contributed by atoms with van der Waals surface area (Å²) >= 11 is 0. The molecule has 0 saturated carbocycles. The molecule has 11 rings (SSSR count). The van der Waals surface area contributed by atoms with Gasteiger partial charge in [-0.3, -0.25) is 0 Å². The highest BCUT2D eigenvalue weighted by molar-refractivity contribution is 7.00. The number of anilines is 6. The van der Waals surface area contributed by atoms with Gasteiger partial charge in [-0.15, -0.1) is 0 Å². The van der Waals surface area contributed by atoms with Gasteiger partial charge in [-0.05, 0) is 109 Å². The van der Waals surface area contributed by atoms with Crippen LogP contribution in [0.15, 0.2) is 224 Å². The number of fused-ring (bicyclic) bond motifs is 4. The van der Waals surface area contributed by atoms with Gasteiger partial charge < -0.3 is 9.80 Å². The average Bonchev–Trinajstić information content (AvgIpc) is 3.35. The molecule has 2 aliphatic rings. The van der Waals surface area contributed by atoms with E-state index in [1.165, 1.54) is 83.6 Å². The largest absolute Gasteiger partial charge is 0.311 e. The number of rotatable bonds is 8. The molecule has 0 fully saturated rings. The van der Waals surface area contributed by atoms with E-state index in [1.54, 1.807) is 0 Å². The summed E-state index contributed by atoms with van der Waals surface area (Å²) in [5.74, 6) is 0. The molecule has 0 bridgehead atoms. The van der Waals surface area contributed by atoms with Gasteiger partial charge in [0, 0.05) is 45.0 Å². The van der Waals surface area contributed by atoms with Crippen molar-refractivity contribution in [3.63, 3.8) is 0 Å². The molecule has 2 nitrogen and oxygen atoms in total. The molecule has 0 aliphatic carbocycles. The lowest BCUT2D eigenvalue weighted by molar-refractivity contribution is 0.641. The van der Waals surface area contributed by atoms with Crippen molar-refractivity contribution in [2.45, 2.75) is 38.5 Å². The van der Waals surface area contributed by atoms with Crippen LogP contribution in [0.1, 0.15) is 49.9 Å². The molecular formula is C60H49BN2. The number of nitrogens with zero attached hydrogens (tertiary/aromatic N) is 2. The molecular weight excluding hydrogens is 759 g/mol. The quantitative estimate of drug-likeness (QED) is 0.141. The Kier molecular flexibility index (Phi) is 9.32. The Hall–Kier alpha value is -7.36. The Morgan fingerprint density at radius 3 is 1.03 bits per heavy atom. The van der Waals surface area contributed by atoms with E-state index in [0.29, 0.717) is 0 Å². The van der Waals surface area contributed by atoms with Crippen molar-refractivity contribution in [2.75, 3.05) is 9.80 Å². The second kappa shape index (κ2) is 15.2. The molecule has 2 aliphatic heterocycles. The smallest absolute Gasteiger partial charge is 0.252 e. The SMILES string of the molecule is CC(C)(c1ccccc1)c1ccc2c(c1)B1c3cc(C(C)(C)c4ccccc4)ccc3N(c3ccc(-c4ccccc4)cc3)c3cccc(c31)N2c1ccc(-c2ccccc2)cc1. The lowest BCUT2D eigenvalue weighted by Crippen LogP contribution is -2.61. The molecule has 0 aromatic heterocycles. The van der Waals surface area contributed by atoms with Crippen molar-refractivity contribution in [2.24, 2.45) is 0 Å². The van der Waals surface area contributed by atoms with Crippen LogP contribution < -0.4 is 26.2 Å². The van der Waals surface area contributed by atoms with Gasteiger partial charge in [0.15, 0.2) is 0 Å². The lowest BCUT2D eigenvalue weighted by Gasteiger charge is -2.45. The van der Waals surface area contributed by atoms with E-state index in [2.05, 4.69) is 262 Å². The zero-order valence-corrected chi connectivity index (χ0v) is 36.3. The topological polar surface area (TPSA) is 6.48 Å². The van der Waals surface area contributed by atoms with Crippen LogP contribution in [-0.4, -0.2) is 6.71 Å². The zero-order valence-electron chi connectivity index (χ0n) is 36.3. The molecule has 0 unspecified atom stereocenters. The molecule has 0 spiro atoms. The second-order valence-corrected chi connectivity index (χ2v) is 18.2. The van der Waals surface area contributed by atoms with Crippen LogP contribution in [0, 0.1) is 0 Å². The minimum Gasteiger partial charge on any atom is -0.311 e. The van der Waals surface area contributed by atoms with Gasteiger partial charge in [-0.25, -0.2) is 0 Å². The highest BCUT2D eigenvalue weighted by Crippen LogP contribution is 2.46. The van der Waals surface area contributed by atoms with Gasteiger partial charge in [-0.2, -0.15) is 0 Å². The van der Waals surface area contributed by atoms with Crippen molar-refractivity contribution in [1.82, 2.24) is 0 Å². The fraction of sp³-hybridized carbons (Fsp3) is 0.100. The van der Waals surface area contributed by atoms with E-state index < -0.39 is 0 Å². The third-order valence-electron chi connectivity index (χ3n) is 13.9. The Morgan fingerprint density at radius 1 is 0.302 bits per heavy atom. The molecule has 0 amide bonds. The maximum absolute atomic E-state index is 2.53. The first-order valence-electron chi connectivity index (χ1n) is 22.2. The number of hydrogen-bond acceptors (Lipinski definition) is 2. The van der Waals surface area contributed by atoms with Gasteiger partial charge in [0.2, 0.25) is 0 Å². The van der Waals surface area contributed by atoms with Crippen LogP contribution in [0.25, 0.3) is 22.3 Å². The highest BCUT2D eigenvalue weighted by atomic mass is 15.2. The normalized spacial score (nSPS) is 13.0. The maximum atomic E-state index is 2.53. The van der Waals surface area contributed by atoms with Crippen molar-refractivity contribution in [3.05, 3.63) is 247 Å². The van der Waals surface area contributed by atoms with Crippen LogP contribution in [0.4, 0.5) is 34.1 Å². The minimum absolute atomic E-state index is 0.0149. The van der Waals surface area contributed by atoms with Crippen LogP contribution in [0.5, 0.6) is 0 Å². The molecule has 3 heteroatoms. The van der Waals surface area contributed by atoms with E-state index in [9.17, 15) is 0 Å². The summed E-state index contributed by atoms with van der Waals surface area (Å²) in [6.07, 6.45) is 0. The number of benzene rings is 9. The molecule has 63 heavy (non-hydrogen) atoms. The van der Waals surface area contributed by atoms with Crippen molar-refractivity contribution in [3.8, 4) is 22.3 Å². The third-order valence-corrected chi connectivity index (χ3v) is 13.9. The maximum Gasteiger partial charge on any atom is 0.252 e. The summed E-state index contributed by atoms with van der Waals surface area (Å²) in [5.41, 5.74) is 20.7. The second-order valence-electron chi connectivity index (χ2n) is 18.2. The Labute approximate surface area is 372 Å². The molecule has 9 aromatic carbocycles. The zero-order chi connectivity index (χ0) is 42.7. The van der Waals surface area contributed by atoms with E-state index in [0.717, 1.165) is 11.4 Å². The summed E-state index contributed by atoms with van der Waals surface area (Å²) in [4.78, 5) is 5.02. The van der Waals surface area contributed by atoms with Crippen LogP contribution >= 0.6 is 0 Å². The van der Waals surface area contributed by atoms with Gasteiger partial charge >= 0.3 is 0 Å². The number of hydrogen-bond donors (Lipinski definition) is 0. The summed E-state index contributed by atoms with van der Waals surface area (Å²) < 4.78 is 0. The first kappa shape index (κ1) is 38.6.